The largest absolute Gasteiger partial charge is 0.416 e. The molecule has 0 fully saturated rings. The average Bonchev–Trinajstić information content (AvgIpc) is 2.68. The van der Waals surface area contributed by atoms with E-state index in [2.05, 4.69) is 20.5 Å². The Balaban J connectivity index is 2.32. The Kier molecular flexibility index (Phi) is 3.76. The van der Waals surface area contributed by atoms with Gasteiger partial charge >= 0.3 is 0 Å². The third kappa shape index (κ3) is 2.83. The number of aryl methyl sites for hydroxylation is 1. The highest BCUT2D eigenvalue weighted by atomic mass is 35.5. The van der Waals surface area contributed by atoms with Crippen LogP contribution in [0.25, 0.3) is 0 Å². The fourth-order valence-corrected chi connectivity index (χ4v) is 2.37. The second-order valence-corrected chi connectivity index (χ2v) is 4.80. The Labute approximate surface area is 112 Å². The molecule has 90 valence electrons. The van der Waals surface area contributed by atoms with Gasteiger partial charge in [-0.1, -0.05) is 23.2 Å². The molecule has 0 aliphatic carbocycles. The summed E-state index contributed by atoms with van der Waals surface area (Å²) in [7, 11) is 1.73. The summed E-state index contributed by atoms with van der Waals surface area (Å²) in [5, 5.41) is 12.3. The Hall–Kier alpha value is -0.980. The highest BCUT2D eigenvalue weighted by Gasteiger charge is 2.13. The van der Waals surface area contributed by atoms with E-state index in [-0.39, 0.29) is 0 Å². The number of hydrogen-bond donors (Lipinski definition) is 1. The van der Waals surface area contributed by atoms with Gasteiger partial charge in [0.15, 0.2) is 0 Å². The fraction of sp³-hybridized carbons (Fsp3) is 0.222. The fourth-order valence-electron chi connectivity index (χ4n) is 1.10. The first-order valence-corrected chi connectivity index (χ1v) is 6.19. The van der Waals surface area contributed by atoms with E-state index in [1.54, 1.807) is 20.0 Å². The Bertz CT molecular complexity index is 546. The van der Waals surface area contributed by atoms with Crippen molar-refractivity contribution in [2.75, 3.05) is 12.4 Å². The van der Waals surface area contributed by atoms with E-state index < -0.39 is 0 Å². The van der Waals surface area contributed by atoms with E-state index in [9.17, 15) is 0 Å². The van der Waals surface area contributed by atoms with Gasteiger partial charge in [0, 0.05) is 14.0 Å². The average molecular weight is 291 g/mol. The van der Waals surface area contributed by atoms with Crippen LogP contribution in [-0.4, -0.2) is 22.2 Å². The van der Waals surface area contributed by atoms with Crippen LogP contribution in [0.4, 0.5) is 5.82 Å². The van der Waals surface area contributed by atoms with Crippen molar-refractivity contribution < 1.29 is 4.42 Å². The van der Waals surface area contributed by atoms with Crippen molar-refractivity contribution >= 4 is 40.8 Å². The standard InChI is InChI=1S/C9H8Cl2N4OS/c1-4-14-15-9(16-4)17-8-6(11)3-5(10)7(12-2)13-8/h3H,1-2H3,(H,12,13). The van der Waals surface area contributed by atoms with E-state index in [1.165, 1.54) is 11.8 Å². The first-order chi connectivity index (χ1) is 8.10. The molecule has 0 atom stereocenters. The zero-order valence-electron chi connectivity index (χ0n) is 8.99. The molecule has 5 nitrogen and oxygen atoms in total. The minimum Gasteiger partial charge on any atom is -0.416 e. The zero-order valence-corrected chi connectivity index (χ0v) is 11.3. The molecule has 0 radical (unpaired) electrons. The van der Waals surface area contributed by atoms with Crippen LogP contribution in [0.1, 0.15) is 5.89 Å². The molecule has 0 aliphatic rings. The van der Waals surface area contributed by atoms with E-state index >= 15 is 0 Å². The van der Waals surface area contributed by atoms with Crippen LogP contribution in [0.5, 0.6) is 0 Å². The molecule has 0 saturated carbocycles. The van der Waals surface area contributed by atoms with Crippen molar-refractivity contribution in [3.8, 4) is 0 Å². The molecule has 0 aromatic carbocycles. The van der Waals surface area contributed by atoms with Crippen molar-refractivity contribution in [2.24, 2.45) is 0 Å². The summed E-state index contributed by atoms with van der Waals surface area (Å²) in [4.78, 5) is 4.26. The van der Waals surface area contributed by atoms with Crippen LogP contribution < -0.4 is 5.32 Å². The lowest BCUT2D eigenvalue weighted by Crippen LogP contribution is -1.95. The SMILES string of the molecule is CNc1nc(Sc2nnc(C)o2)c(Cl)cc1Cl. The van der Waals surface area contributed by atoms with Crippen LogP contribution in [0.15, 0.2) is 20.7 Å². The normalized spacial score (nSPS) is 10.6. The Morgan fingerprint density at radius 1 is 1.29 bits per heavy atom. The minimum absolute atomic E-state index is 0.390. The van der Waals surface area contributed by atoms with Crippen molar-refractivity contribution in [1.29, 1.82) is 0 Å². The molecule has 0 unspecified atom stereocenters. The van der Waals surface area contributed by atoms with Gasteiger partial charge in [-0.15, -0.1) is 10.2 Å². The molecule has 2 aromatic rings. The summed E-state index contributed by atoms with van der Waals surface area (Å²) in [6.45, 7) is 1.72. The van der Waals surface area contributed by atoms with Crippen molar-refractivity contribution in [3.63, 3.8) is 0 Å². The number of anilines is 1. The number of pyridine rings is 1. The van der Waals surface area contributed by atoms with Gasteiger partial charge in [-0.05, 0) is 17.8 Å². The molecular formula is C9H8Cl2N4OS. The first kappa shape index (κ1) is 12.5. The molecule has 8 heteroatoms. The number of rotatable bonds is 3. The summed E-state index contributed by atoms with van der Waals surface area (Å²) in [6, 6.07) is 1.62. The molecule has 2 rings (SSSR count). The lowest BCUT2D eigenvalue weighted by molar-refractivity contribution is 0.429. The molecule has 0 bridgehead atoms. The molecule has 0 spiro atoms. The van der Waals surface area contributed by atoms with Gasteiger partial charge < -0.3 is 9.73 Å². The number of nitrogens with one attached hydrogen (secondary N) is 1. The third-order valence-corrected chi connectivity index (χ3v) is 3.36. The summed E-state index contributed by atoms with van der Waals surface area (Å²) in [5.74, 6) is 1.04. The van der Waals surface area contributed by atoms with Gasteiger partial charge in [-0.3, -0.25) is 0 Å². The van der Waals surface area contributed by atoms with Crippen molar-refractivity contribution in [1.82, 2.24) is 15.2 Å². The summed E-state index contributed by atoms with van der Waals surface area (Å²) in [5.41, 5.74) is 0. The van der Waals surface area contributed by atoms with Gasteiger partial charge in [0.2, 0.25) is 5.89 Å². The maximum atomic E-state index is 6.03. The molecule has 0 aliphatic heterocycles. The van der Waals surface area contributed by atoms with Crippen molar-refractivity contribution in [3.05, 3.63) is 22.0 Å². The zero-order chi connectivity index (χ0) is 12.4. The topological polar surface area (TPSA) is 63.8 Å². The smallest absolute Gasteiger partial charge is 0.282 e. The lowest BCUT2D eigenvalue weighted by Gasteiger charge is -2.06. The third-order valence-electron chi connectivity index (χ3n) is 1.83. The van der Waals surface area contributed by atoms with E-state index in [4.69, 9.17) is 27.6 Å². The van der Waals surface area contributed by atoms with Crippen molar-refractivity contribution in [2.45, 2.75) is 17.2 Å². The lowest BCUT2D eigenvalue weighted by atomic mass is 10.4. The van der Waals surface area contributed by atoms with Gasteiger partial charge in [0.05, 0.1) is 10.0 Å². The molecule has 0 saturated heterocycles. The first-order valence-electron chi connectivity index (χ1n) is 4.62. The second-order valence-electron chi connectivity index (χ2n) is 3.04. The Morgan fingerprint density at radius 3 is 2.65 bits per heavy atom. The molecule has 2 heterocycles. The van der Waals surface area contributed by atoms with Crippen LogP contribution >= 0.6 is 35.0 Å². The monoisotopic (exact) mass is 290 g/mol. The number of nitrogens with zero attached hydrogens (tertiary/aromatic N) is 3. The van der Waals surface area contributed by atoms with Gasteiger partial charge in [-0.25, -0.2) is 4.98 Å². The predicted molar refractivity (Wildman–Crippen MR) is 67.0 cm³/mol. The van der Waals surface area contributed by atoms with E-state index in [0.717, 1.165) is 0 Å². The maximum absolute atomic E-state index is 6.03. The summed E-state index contributed by atoms with van der Waals surface area (Å²) < 4.78 is 5.23. The summed E-state index contributed by atoms with van der Waals surface area (Å²) >= 11 is 13.2. The summed E-state index contributed by atoms with van der Waals surface area (Å²) in [6.07, 6.45) is 0. The maximum Gasteiger partial charge on any atom is 0.282 e. The van der Waals surface area contributed by atoms with Gasteiger partial charge in [0.25, 0.3) is 5.22 Å². The molecular weight excluding hydrogens is 283 g/mol. The quantitative estimate of drug-likeness (QED) is 0.936. The Morgan fingerprint density at radius 2 is 2.06 bits per heavy atom. The van der Waals surface area contributed by atoms with E-state index in [1.807, 2.05) is 0 Å². The van der Waals surface area contributed by atoms with Crippen LogP contribution in [0.3, 0.4) is 0 Å². The van der Waals surface area contributed by atoms with E-state index in [0.29, 0.717) is 32.0 Å². The molecule has 1 N–H and O–H groups in total. The van der Waals surface area contributed by atoms with Gasteiger partial charge in [-0.2, -0.15) is 0 Å². The highest BCUT2D eigenvalue weighted by Crippen LogP contribution is 2.34. The van der Waals surface area contributed by atoms with Gasteiger partial charge in [0.1, 0.15) is 10.8 Å². The molecule has 2 aromatic heterocycles. The molecule has 0 amide bonds. The van der Waals surface area contributed by atoms with Crippen LogP contribution in [-0.2, 0) is 0 Å². The second kappa shape index (κ2) is 5.12. The highest BCUT2D eigenvalue weighted by molar-refractivity contribution is 7.99. The van der Waals surface area contributed by atoms with Crippen LogP contribution in [0, 0.1) is 6.92 Å². The molecule has 17 heavy (non-hydrogen) atoms. The predicted octanol–water partition coefficient (Wildman–Crippen LogP) is 3.27. The number of halogens is 2. The number of hydrogen-bond acceptors (Lipinski definition) is 6. The van der Waals surface area contributed by atoms with Crippen LogP contribution in [0.2, 0.25) is 10.0 Å². The number of aromatic nitrogens is 3. The minimum atomic E-state index is 0.390.